The van der Waals surface area contributed by atoms with Crippen LogP contribution >= 0.6 is 0 Å². The average molecular weight is 240 g/mol. The monoisotopic (exact) mass is 240 g/mol. The molecule has 2 N–H and O–H groups in total. The van der Waals surface area contributed by atoms with Gasteiger partial charge in [0.15, 0.2) is 0 Å². The number of likely N-dealkylation sites (N-methyl/N-ethyl adjacent to an activating group) is 1. The number of nitrogens with zero attached hydrogens (tertiary/aromatic N) is 1. The molecule has 3 heteroatoms. The van der Waals surface area contributed by atoms with Crippen molar-refractivity contribution < 1.29 is 5.11 Å². The third-order valence-electron chi connectivity index (χ3n) is 4.28. The lowest BCUT2D eigenvalue weighted by Crippen LogP contribution is -2.56. The predicted molar refractivity (Wildman–Crippen MR) is 71.2 cm³/mol. The highest BCUT2D eigenvalue weighted by Gasteiger charge is 2.34. The van der Waals surface area contributed by atoms with E-state index in [1.807, 2.05) is 0 Å². The van der Waals surface area contributed by atoms with Crippen molar-refractivity contribution in [2.75, 3.05) is 20.2 Å². The van der Waals surface area contributed by atoms with Gasteiger partial charge in [-0.15, -0.1) is 0 Å². The minimum Gasteiger partial charge on any atom is -0.394 e. The normalized spacial score (nSPS) is 26.1. The third kappa shape index (κ3) is 3.94. The lowest BCUT2D eigenvalue weighted by atomic mass is 9.93. The topological polar surface area (TPSA) is 35.5 Å². The molecule has 0 aromatic heterocycles. The zero-order valence-electron chi connectivity index (χ0n) is 11.4. The Labute approximate surface area is 106 Å². The molecule has 0 aromatic carbocycles. The largest absolute Gasteiger partial charge is 0.394 e. The standard InChI is InChI=1S/C14H28N2O/c1-14(11-17,15-12-8-9-12)10-16(2)13-6-4-3-5-7-13/h12-13,15,17H,3-11H2,1-2H3. The van der Waals surface area contributed by atoms with Crippen LogP contribution in [0.15, 0.2) is 0 Å². The summed E-state index contributed by atoms with van der Waals surface area (Å²) in [4.78, 5) is 2.46. The smallest absolute Gasteiger partial charge is 0.0623 e. The molecule has 100 valence electrons. The molecule has 0 aliphatic heterocycles. The van der Waals surface area contributed by atoms with E-state index >= 15 is 0 Å². The molecule has 0 aromatic rings. The zero-order valence-corrected chi connectivity index (χ0v) is 11.4. The Morgan fingerprint density at radius 1 is 1.18 bits per heavy atom. The summed E-state index contributed by atoms with van der Waals surface area (Å²) in [6, 6.07) is 1.39. The first-order chi connectivity index (χ1) is 8.13. The maximum absolute atomic E-state index is 9.62. The van der Waals surface area contributed by atoms with Gasteiger partial charge < -0.3 is 15.3 Å². The summed E-state index contributed by atoms with van der Waals surface area (Å²) < 4.78 is 0. The SMILES string of the molecule is CN(CC(C)(CO)NC1CC1)C1CCCCC1. The lowest BCUT2D eigenvalue weighted by Gasteiger charge is -2.38. The summed E-state index contributed by atoms with van der Waals surface area (Å²) in [6.45, 7) is 3.36. The second kappa shape index (κ2) is 5.68. The van der Waals surface area contributed by atoms with Crippen LogP contribution in [0.5, 0.6) is 0 Å². The van der Waals surface area contributed by atoms with Gasteiger partial charge in [-0.25, -0.2) is 0 Å². The molecule has 0 saturated heterocycles. The van der Waals surface area contributed by atoms with E-state index in [4.69, 9.17) is 0 Å². The van der Waals surface area contributed by atoms with Crippen LogP contribution in [0.3, 0.4) is 0 Å². The van der Waals surface area contributed by atoms with E-state index < -0.39 is 0 Å². The Kier molecular flexibility index (Phi) is 4.45. The fraction of sp³-hybridized carbons (Fsp3) is 1.00. The van der Waals surface area contributed by atoms with Gasteiger partial charge in [0.1, 0.15) is 0 Å². The van der Waals surface area contributed by atoms with Crippen LogP contribution in [0.1, 0.15) is 51.9 Å². The fourth-order valence-corrected chi connectivity index (χ4v) is 3.06. The van der Waals surface area contributed by atoms with E-state index in [1.165, 1.54) is 44.9 Å². The van der Waals surface area contributed by atoms with Crippen molar-refractivity contribution >= 4 is 0 Å². The first-order valence-corrected chi connectivity index (χ1v) is 7.22. The van der Waals surface area contributed by atoms with Crippen molar-refractivity contribution in [2.24, 2.45) is 0 Å². The Balaban J connectivity index is 1.82. The number of aliphatic hydroxyl groups excluding tert-OH is 1. The summed E-state index contributed by atoms with van der Waals surface area (Å²) in [5.74, 6) is 0. The first-order valence-electron chi connectivity index (χ1n) is 7.22. The molecule has 0 bridgehead atoms. The molecule has 2 rings (SSSR count). The number of hydrogen-bond acceptors (Lipinski definition) is 3. The Morgan fingerprint density at radius 2 is 1.82 bits per heavy atom. The van der Waals surface area contributed by atoms with Gasteiger partial charge in [0, 0.05) is 18.6 Å². The second-order valence-corrected chi connectivity index (χ2v) is 6.34. The highest BCUT2D eigenvalue weighted by Crippen LogP contribution is 2.25. The Hall–Kier alpha value is -0.120. The fourth-order valence-electron chi connectivity index (χ4n) is 3.06. The van der Waals surface area contributed by atoms with Gasteiger partial charge >= 0.3 is 0 Å². The van der Waals surface area contributed by atoms with Gasteiger partial charge in [-0.3, -0.25) is 0 Å². The van der Waals surface area contributed by atoms with E-state index in [0.717, 1.165) is 12.6 Å². The Bertz CT molecular complexity index is 236. The van der Waals surface area contributed by atoms with Crippen molar-refractivity contribution in [3.8, 4) is 0 Å². The molecule has 2 saturated carbocycles. The summed E-state index contributed by atoms with van der Waals surface area (Å²) in [5.41, 5.74) is -0.118. The van der Waals surface area contributed by atoms with Gasteiger partial charge in [-0.1, -0.05) is 19.3 Å². The molecule has 2 aliphatic carbocycles. The molecule has 2 aliphatic rings. The van der Waals surface area contributed by atoms with Crippen molar-refractivity contribution in [3.05, 3.63) is 0 Å². The van der Waals surface area contributed by atoms with Gasteiger partial charge in [0.25, 0.3) is 0 Å². The van der Waals surface area contributed by atoms with Crippen LogP contribution < -0.4 is 5.32 Å². The number of hydrogen-bond donors (Lipinski definition) is 2. The van der Waals surface area contributed by atoms with Crippen molar-refractivity contribution in [1.29, 1.82) is 0 Å². The molecular formula is C14H28N2O. The third-order valence-corrected chi connectivity index (χ3v) is 4.28. The van der Waals surface area contributed by atoms with Crippen LogP contribution in [0.2, 0.25) is 0 Å². The van der Waals surface area contributed by atoms with E-state index in [0.29, 0.717) is 6.04 Å². The molecule has 0 radical (unpaired) electrons. The van der Waals surface area contributed by atoms with Gasteiger partial charge in [0.2, 0.25) is 0 Å². The molecular weight excluding hydrogens is 212 g/mol. The molecule has 0 amide bonds. The zero-order chi connectivity index (χ0) is 12.3. The maximum Gasteiger partial charge on any atom is 0.0623 e. The number of nitrogens with one attached hydrogen (secondary N) is 1. The average Bonchev–Trinajstić information content (AvgIpc) is 3.14. The molecule has 2 fully saturated rings. The van der Waals surface area contributed by atoms with Crippen molar-refractivity contribution in [3.63, 3.8) is 0 Å². The van der Waals surface area contributed by atoms with Crippen molar-refractivity contribution in [1.82, 2.24) is 10.2 Å². The van der Waals surface area contributed by atoms with Crippen LogP contribution in [-0.2, 0) is 0 Å². The molecule has 0 heterocycles. The molecule has 17 heavy (non-hydrogen) atoms. The number of aliphatic hydroxyl groups is 1. The van der Waals surface area contributed by atoms with Crippen LogP contribution in [0.4, 0.5) is 0 Å². The van der Waals surface area contributed by atoms with E-state index in [9.17, 15) is 5.11 Å². The summed E-state index contributed by atoms with van der Waals surface area (Å²) in [7, 11) is 2.22. The van der Waals surface area contributed by atoms with E-state index in [-0.39, 0.29) is 12.1 Å². The summed E-state index contributed by atoms with van der Waals surface area (Å²) >= 11 is 0. The quantitative estimate of drug-likeness (QED) is 0.742. The maximum atomic E-state index is 9.62. The van der Waals surface area contributed by atoms with E-state index in [2.05, 4.69) is 24.2 Å². The lowest BCUT2D eigenvalue weighted by molar-refractivity contribution is 0.0972. The summed E-state index contributed by atoms with van der Waals surface area (Å²) in [5, 5.41) is 13.2. The van der Waals surface area contributed by atoms with Crippen LogP contribution in [0.25, 0.3) is 0 Å². The van der Waals surface area contributed by atoms with Gasteiger partial charge in [0.05, 0.1) is 12.1 Å². The van der Waals surface area contributed by atoms with Crippen molar-refractivity contribution in [2.45, 2.75) is 69.5 Å². The van der Waals surface area contributed by atoms with E-state index in [1.54, 1.807) is 0 Å². The number of rotatable bonds is 6. The highest BCUT2D eigenvalue weighted by molar-refractivity contribution is 4.94. The minimum absolute atomic E-state index is 0.118. The molecule has 3 nitrogen and oxygen atoms in total. The van der Waals surface area contributed by atoms with Crippen LogP contribution in [-0.4, -0.2) is 47.8 Å². The molecule has 0 spiro atoms. The van der Waals surface area contributed by atoms with Crippen LogP contribution in [0, 0.1) is 0 Å². The second-order valence-electron chi connectivity index (χ2n) is 6.34. The Morgan fingerprint density at radius 3 is 2.35 bits per heavy atom. The predicted octanol–water partition coefficient (Wildman–Crippen LogP) is 1.75. The highest BCUT2D eigenvalue weighted by atomic mass is 16.3. The molecule has 1 unspecified atom stereocenters. The minimum atomic E-state index is -0.118. The van der Waals surface area contributed by atoms with Gasteiger partial charge in [-0.2, -0.15) is 0 Å². The van der Waals surface area contributed by atoms with Gasteiger partial charge in [-0.05, 0) is 39.7 Å². The molecule has 1 atom stereocenters. The first kappa shape index (κ1) is 13.3. The summed E-state index contributed by atoms with van der Waals surface area (Å²) in [6.07, 6.45) is 9.39.